The van der Waals surface area contributed by atoms with Crippen LogP contribution < -0.4 is 0 Å². The van der Waals surface area contributed by atoms with Crippen LogP contribution in [0, 0.1) is 0 Å². The number of aromatic nitrogens is 1. The Balaban J connectivity index is 1.67. The van der Waals surface area contributed by atoms with Gasteiger partial charge in [0.1, 0.15) is 0 Å². The molecule has 0 aliphatic carbocycles. The van der Waals surface area contributed by atoms with E-state index in [1.54, 1.807) is 12.3 Å². The highest BCUT2D eigenvalue weighted by Crippen LogP contribution is 2.17. The topological polar surface area (TPSA) is 39.2 Å². The van der Waals surface area contributed by atoms with Gasteiger partial charge in [0, 0.05) is 23.0 Å². The summed E-state index contributed by atoms with van der Waals surface area (Å²) in [4.78, 5) is 16.5. The van der Waals surface area contributed by atoms with Crippen LogP contribution in [0.3, 0.4) is 0 Å². The lowest BCUT2D eigenvalue weighted by Gasteiger charge is -2.07. The Labute approximate surface area is 133 Å². The average molecular weight is 312 g/mol. The van der Waals surface area contributed by atoms with Crippen LogP contribution in [0.2, 0.25) is 5.02 Å². The molecule has 3 aromatic rings. The quantitative estimate of drug-likeness (QED) is 0.675. The Hall–Kier alpha value is -2.39. The van der Waals surface area contributed by atoms with Crippen molar-refractivity contribution in [2.24, 2.45) is 0 Å². The van der Waals surface area contributed by atoms with Crippen molar-refractivity contribution in [1.29, 1.82) is 0 Å². The Morgan fingerprint density at radius 3 is 2.64 bits per heavy atom. The number of ether oxygens (including phenoxy) is 1. The van der Waals surface area contributed by atoms with Gasteiger partial charge in [0.25, 0.3) is 0 Å². The molecule has 0 saturated carbocycles. The zero-order valence-corrected chi connectivity index (χ0v) is 12.6. The second-order valence-electron chi connectivity index (χ2n) is 4.89. The van der Waals surface area contributed by atoms with Crippen LogP contribution in [0.5, 0.6) is 0 Å². The first kappa shape index (κ1) is 14.5. The monoisotopic (exact) mass is 311 g/mol. The molecule has 0 unspecified atom stereocenters. The number of benzene rings is 2. The van der Waals surface area contributed by atoms with Gasteiger partial charge in [-0.25, -0.2) is 4.79 Å². The van der Waals surface area contributed by atoms with E-state index in [1.807, 2.05) is 48.5 Å². The number of pyridine rings is 1. The van der Waals surface area contributed by atoms with Crippen molar-refractivity contribution in [1.82, 2.24) is 4.98 Å². The minimum Gasteiger partial charge on any atom is -0.462 e. The number of nitrogens with zero attached hydrogens (tertiary/aromatic N) is 1. The van der Waals surface area contributed by atoms with E-state index in [1.165, 1.54) is 0 Å². The molecule has 2 aromatic carbocycles. The molecule has 1 heterocycles. The first-order valence-electron chi connectivity index (χ1n) is 6.99. The lowest BCUT2D eigenvalue weighted by Crippen LogP contribution is -2.09. The number of rotatable bonds is 4. The highest BCUT2D eigenvalue weighted by Gasteiger charge is 2.11. The second kappa shape index (κ2) is 6.58. The lowest BCUT2D eigenvalue weighted by atomic mass is 10.1. The number of hydrogen-bond donors (Lipinski definition) is 0. The molecule has 0 fully saturated rings. The molecule has 1 aromatic heterocycles. The molecular weight excluding hydrogens is 298 g/mol. The first-order valence-corrected chi connectivity index (χ1v) is 7.37. The Bertz CT molecular complexity index is 794. The number of hydrogen-bond acceptors (Lipinski definition) is 3. The molecule has 0 spiro atoms. The maximum absolute atomic E-state index is 12.2. The molecule has 22 heavy (non-hydrogen) atoms. The Morgan fingerprint density at radius 1 is 1.05 bits per heavy atom. The predicted octanol–water partition coefficient (Wildman–Crippen LogP) is 4.29. The summed E-state index contributed by atoms with van der Waals surface area (Å²) in [5.74, 6) is -0.349. The van der Waals surface area contributed by atoms with Gasteiger partial charge in [0.05, 0.1) is 17.7 Å². The summed E-state index contributed by atoms with van der Waals surface area (Å²) in [5, 5.41) is 1.62. The van der Waals surface area contributed by atoms with Gasteiger partial charge in [-0.15, -0.1) is 0 Å². The molecule has 0 aliphatic rings. The zero-order chi connectivity index (χ0) is 15.4. The van der Waals surface area contributed by atoms with Crippen molar-refractivity contribution >= 4 is 28.5 Å². The third-order valence-corrected chi connectivity index (χ3v) is 3.64. The molecule has 0 amide bonds. The second-order valence-corrected chi connectivity index (χ2v) is 5.33. The fraction of sp³-hybridized carbons (Fsp3) is 0.111. The number of halogens is 1. The van der Waals surface area contributed by atoms with Crippen molar-refractivity contribution in [3.8, 4) is 0 Å². The first-order chi connectivity index (χ1) is 10.7. The minimum absolute atomic E-state index is 0.323. The number of fused-ring (bicyclic) bond motifs is 1. The maximum atomic E-state index is 12.2. The molecule has 4 heteroatoms. The van der Waals surface area contributed by atoms with E-state index in [-0.39, 0.29) is 5.97 Å². The molecule has 0 saturated heterocycles. The third kappa shape index (κ3) is 3.26. The van der Waals surface area contributed by atoms with Crippen molar-refractivity contribution < 1.29 is 9.53 Å². The standard InChI is InChI=1S/C18H14ClNO2/c19-15-8-6-13(7-9-15)10-12-22-18(21)16-5-1-3-14-4-2-11-20-17(14)16/h1-9,11H,10,12H2. The van der Waals surface area contributed by atoms with Gasteiger partial charge in [-0.05, 0) is 29.8 Å². The number of carbonyl (C=O) groups is 1. The Kier molecular flexibility index (Phi) is 4.35. The molecule has 0 N–H and O–H groups in total. The average Bonchev–Trinajstić information content (AvgIpc) is 2.56. The number of esters is 1. The van der Waals surface area contributed by atoms with Crippen molar-refractivity contribution in [3.63, 3.8) is 0 Å². The van der Waals surface area contributed by atoms with Crippen LogP contribution in [-0.4, -0.2) is 17.6 Å². The summed E-state index contributed by atoms with van der Waals surface area (Å²) in [5.41, 5.74) is 2.24. The minimum atomic E-state index is -0.349. The van der Waals surface area contributed by atoms with Crippen LogP contribution in [0.15, 0.2) is 60.8 Å². The van der Waals surface area contributed by atoms with Crippen LogP contribution in [0.25, 0.3) is 10.9 Å². The van der Waals surface area contributed by atoms with E-state index < -0.39 is 0 Å². The summed E-state index contributed by atoms with van der Waals surface area (Å²) in [6.45, 7) is 0.323. The smallest absolute Gasteiger partial charge is 0.340 e. The van der Waals surface area contributed by atoms with E-state index in [9.17, 15) is 4.79 Å². The van der Waals surface area contributed by atoms with Gasteiger partial charge in [0.15, 0.2) is 0 Å². The predicted molar refractivity (Wildman–Crippen MR) is 87.2 cm³/mol. The van der Waals surface area contributed by atoms with Gasteiger partial charge in [-0.2, -0.15) is 0 Å². The van der Waals surface area contributed by atoms with Crippen molar-refractivity contribution in [3.05, 3.63) is 76.9 Å². The van der Waals surface area contributed by atoms with Crippen molar-refractivity contribution in [2.45, 2.75) is 6.42 Å². The highest BCUT2D eigenvalue weighted by atomic mass is 35.5. The van der Waals surface area contributed by atoms with Gasteiger partial charge < -0.3 is 4.74 Å². The van der Waals surface area contributed by atoms with Gasteiger partial charge >= 0.3 is 5.97 Å². The summed E-state index contributed by atoms with van der Waals surface area (Å²) in [6, 6.07) is 16.8. The largest absolute Gasteiger partial charge is 0.462 e. The van der Waals surface area contributed by atoms with E-state index in [2.05, 4.69) is 4.98 Å². The normalized spacial score (nSPS) is 10.6. The molecule has 0 bridgehead atoms. The molecule has 0 radical (unpaired) electrons. The molecule has 0 atom stereocenters. The maximum Gasteiger partial charge on any atom is 0.340 e. The molecule has 0 aliphatic heterocycles. The fourth-order valence-corrected chi connectivity index (χ4v) is 2.39. The SMILES string of the molecule is O=C(OCCc1ccc(Cl)cc1)c1cccc2cccnc12. The van der Waals surface area contributed by atoms with E-state index in [0.717, 1.165) is 10.9 Å². The third-order valence-electron chi connectivity index (χ3n) is 3.39. The van der Waals surface area contributed by atoms with Gasteiger partial charge in [0.2, 0.25) is 0 Å². The summed E-state index contributed by atoms with van der Waals surface area (Å²) >= 11 is 5.84. The summed E-state index contributed by atoms with van der Waals surface area (Å²) < 4.78 is 5.36. The van der Waals surface area contributed by atoms with Gasteiger partial charge in [-0.1, -0.05) is 41.9 Å². The van der Waals surface area contributed by atoms with Crippen LogP contribution in [0.4, 0.5) is 0 Å². The fourth-order valence-electron chi connectivity index (χ4n) is 2.26. The molecule has 3 nitrogen and oxygen atoms in total. The number of para-hydroxylation sites is 1. The summed E-state index contributed by atoms with van der Waals surface area (Å²) in [7, 11) is 0. The molecule has 110 valence electrons. The Morgan fingerprint density at radius 2 is 1.82 bits per heavy atom. The number of carbonyl (C=O) groups excluding carboxylic acids is 1. The summed E-state index contributed by atoms with van der Waals surface area (Å²) in [6.07, 6.45) is 2.33. The van der Waals surface area contributed by atoms with Gasteiger partial charge in [-0.3, -0.25) is 4.98 Å². The van der Waals surface area contributed by atoms with Crippen molar-refractivity contribution in [2.75, 3.05) is 6.61 Å². The lowest BCUT2D eigenvalue weighted by molar-refractivity contribution is 0.0511. The van der Waals surface area contributed by atoms with E-state index >= 15 is 0 Å². The molecular formula is C18H14ClNO2. The van der Waals surface area contributed by atoms with Crippen LogP contribution in [-0.2, 0) is 11.2 Å². The van der Waals surface area contributed by atoms with E-state index in [0.29, 0.717) is 29.1 Å². The van der Waals surface area contributed by atoms with Crippen LogP contribution >= 0.6 is 11.6 Å². The highest BCUT2D eigenvalue weighted by molar-refractivity contribution is 6.30. The zero-order valence-electron chi connectivity index (χ0n) is 11.8. The van der Waals surface area contributed by atoms with Crippen LogP contribution in [0.1, 0.15) is 15.9 Å². The molecule has 3 rings (SSSR count). The van der Waals surface area contributed by atoms with E-state index in [4.69, 9.17) is 16.3 Å².